The summed E-state index contributed by atoms with van der Waals surface area (Å²) in [4.78, 5) is 6.73. The molecule has 102 valence electrons. The highest BCUT2D eigenvalue weighted by Gasteiger charge is 2.19. The lowest BCUT2D eigenvalue weighted by atomic mass is 10.1. The highest BCUT2D eigenvalue weighted by atomic mass is 16.5. The van der Waals surface area contributed by atoms with Gasteiger partial charge < -0.3 is 15.4 Å². The zero-order valence-electron chi connectivity index (χ0n) is 11.2. The van der Waals surface area contributed by atoms with Crippen molar-refractivity contribution in [1.29, 1.82) is 0 Å². The molecule has 0 bridgehead atoms. The quantitative estimate of drug-likeness (QED) is 0.807. The van der Waals surface area contributed by atoms with E-state index in [0.29, 0.717) is 6.04 Å². The van der Waals surface area contributed by atoms with Crippen molar-refractivity contribution in [2.24, 2.45) is 5.73 Å². The van der Waals surface area contributed by atoms with Gasteiger partial charge in [0.15, 0.2) is 0 Å². The molecule has 1 aromatic heterocycles. The minimum atomic E-state index is 0.256. The van der Waals surface area contributed by atoms with E-state index in [1.807, 2.05) is 0 Å². The number of aromatic amines is 1. The Labute approximate surface area is 108 Å². The van der Waals surface area contributed by atoms with Gasteiger partial charge in [-0.1, -0.05) is 0 Å². The van der Waals surface area contributed by atoms with Crippen LogP contribution in [-0.4, -0.2) is 47.5 Å². The van der Waals surface area contributed by atoms with Gasteiger partial charge in [-0.3, -0.25) is 5.10 Å². The lowest BCUT2D eigenvalue weighted by Gasteiger charge is -2.28. The number of methoxy groups -OCH3 is 1. The van der Waals surface area contributed by atoms with Crippen LogP contribution in [0.3, 0.4) is 0 Å². The molecule has 1 aliphatic rings. The summed E-state index contributed by atoms with van der Waals surface area (Å²) >= 11 is 0. The van der Waals surface area contributed by atoms with E-state index in [9.17, 15) is 0 Å². The lowest BCUT2D eigenvalue weighted by Crippen LogP contribution is -2.40. The zero-order chi connectivity index (χ0) is 13.0. The Bertz CT molecular complexity index is 359. The van der Waals surface area contributed by atoms with Crippen molar-refractivity contribution in [3.63, 3.8) is 0 Å². The van der Waals surface area contributed by atoms with Crippen molar-refractivity contribution >= 4 is 5.95 Å². The van der Waals surface area contributed by atoms with Crippen LogP contribution in [0.4, 0.5) is 5.95 Å². The zero-order valence-corrected chi connectivity index (χ0v) is 11.2. The largest absolute Gasteiger partial charge is 0.382 e. The van der Waals surface area contributed by atoms with E-state index in [1.54, 1.807) is 7.11 Å². The Morgan fingerprint density at radius 3 is 2.89 bits per heavy atom. The maximum absolute atomic E-state index is 5.89. The van der Waals surface area contributed by atoms with Crippen molar-refractivity contribution in [2.75, 3.05) is 25.1 Å². The third-order valence-electron chi connectivity index (χ3n) is 3.53. The first-order chi connectivity index (χ1) is 8.69. The Hall–Kier alpha value is -1.14. The van der Waals surface area contributed by atoms with Crippen LogP contribution in [0, 0.1) is 0 Å². The van der Waals surface area contributed by atoms with Crippen molar-refractivity contribution in [2.45, 2.75) is 44.8 Å². The van der Waals surface area contributed by atoms with Crippen LogP contribution in [0.25, 0.3) is 0 Å². The first-order valence-electron chi connectivity index (χ1n) is 6.63. The summed E-state index contributed by atoms with van der Waals surface area (Å²) < 4.78 is 5.22. The molecule has 1 atom stereocenters. The predicted octanol–water partition coefficient (Wildman–Crippen LogP) is 0.700. The van der Waals surface area contributed by atoms with Gasteiger partial charge in [-0.15, -0.1) is 5.10 Å². The van der Waals surface area contributed by atoms with Crippen LogP contribution in [0.2, 0.25) is 0 Å². The fourth-order valence-corrected chi connectivity index (χ4v) is 2.10. The molecule has 1 saturated heterocycles. The second-order valence-electron chi connectivity index (χ2n) is 4.99. The predicted molar refractivity (Wildman–Crippen MR) is 70.6 cm³/mol. The molecule has 6 heteroatoms. The molecule has 0 amide bonds. The number of ether oxygens (including phenoxy) is 1. The number of hydrogen-bond donors (Lipinski definition) is 2. The summed E-state index contributed by atoms with van der Waals surface area (Å²) in [5, 5.41) is 7.28. The number of aromatic nitrogens is 3. The van der Waals surface area contributed by atoms with Gasteiger partial charge in [0.25, 0.3) is 0 Å². The minimum absolute atomic E-state index is 0.256. The van der Waals surface area contributed by atoms with Crippen LogP contribution in [-0.2, 0) is 11.2 Å². The molecule has 0 aromatic carbocycles. The average molecular weight is 253 g/mol. The molecular formula is C12H23N5O. The Morgan fingerprint density at radius 2 is 2.22 bits per heavy atom. The van der Waals surface area contributed by atoms with Crippen molar-refractivity contribution in [3.05, 3.63) is 5.82 Å². The van der Waals surface area contributed by atoms with Crippen LogP contribution >= 0.6 is 0 Å². The van der Waals surface area contributed by atoms with Gasteiger partial charge in [-0.25, -0.2) is 0 Å². The molecule has 0 saturated carbocycles. The second-order valence-corrected chi connectivity index (χ2v) is 4.99. The van der Waals surface area contributed by atoms with Gasteiger partial charge in [0.2, 0.25) is 5.95 Å². The Kier molecular flexibility index (Phi) is 4.54. The molecule has 2 rings (SSSR count). The summed E-state index contributed by atoms with van der Waals surface area (Å²) in [5.74, 6) is 1.74. The molecular weight excluding hydrogens is 230 g/mol. The van der Waals surface area contributed by atoms with Crippen LogP contribution < -0.4 is 10.6 Å². The van der Waals surface area contributed by atoms with Crippen LogP contribution in [0.5, 0.6) is 0 Å². The maximum Gasteiger partial charge on any atom is 0.244 e. The molecule has 0 spiro atoms. The fourth-order valence-electron chi connectivity index (χ4n) is 2.10. The van der Waals surface area contributed by atoms with E-state index in [2.05, 4.69) is 27.0 Å². The molecule has 2 heterocycles. The molecule has 6 nitrogen and oxygen atoms in total. The van der Waals surface area contributed by atoms with E-state index >= 15 is 0 Å². The van der Waals surface area contributed by atoms with E-state index in [4.69, 9.17) is 10.5 Å². The first-order valence-corrected chi connectivity index (χ1v) is 6.63. The van der Waals surface area contributed by atoms with Gasteiger partial charge in [-0.05, 0) is 26.2 Å². The maximum atomic E-state index is 5.89. The first kappa shape index (κ1) is 13.3. The third kappa shape index (κ3) is 3.43. The summed E-state index contributed by atoms with van der Waals surface area (Å²) in [5.41, 5.74) is 5.89. The Balaban J connectivity index is 1.86. The Morgan fingerprint density at radius 1 is 1.50 bits per heavy atom. The molecule has 1 aliphatic heterocycles. The van der Waals surface area contributed by atoms with E-state index in [1.165, 1.54) is 0 Å². The molecule has 0 aliphatic carbocycles. The topological polar surface area (TPSA) is 80.1 Å². The monoisotopic (exact) mass is 253 g/mol. The minimum Gasteiger partial charge on any atom is -0.382 e. The molecule has 0 radical (unpaired) electrons. The highest BCUT2D eigenvalue weighted by Crippen LogP contribution is 2.15. The van der Waals surface area contributed by atoms with Crippen molar-refractivity contribution in [1.82, 2.24) is 15.2 Å². The number of piperidine rings is 1. The number of rotatable bonds is 5. The number of hydrogen-bond acceptors (Lipinski definition) is 5. The van der Waals surface area contributed by atoms with Crippen molar-refractivity contribution in [3.8, 4) is 0 Å². The van der Waals surface area contributed by atoms with E-state index < -0.39 is 0 Å². The summed E-state index contributed by atoms with van der Waals surface area (Å²) in [6.07, 6.45) is 4.12. The number of anilines is 1. The van der Waals surface area contributed by atoms with Gasteiger partial charge in [-0.2, -0.15) is 4.98 Å². The number of H-pyrrole nitrogens is 1. The summed E-state index contributed by atoms with van der Waals surface area (Å²) in [7, 11) is 1.73. The highest BCUT2D eigenvalue weighted by molar-refractivity contribution is 5.29. The number of nitrogens with zero attached hydrogens (tertiary/aromatic N) is 3. The van der Waals surface area contributed by atoms with Gasteiger partial charge in [0, 0.05) is 32.7 Å². The summed E-state index contributed by atoms with van der Waals surface area (Å²) in [6.45, 7) is 3.96. The summed E-state index contributed by atoms with van der Waals surface area (Å²) in [6, 6.07) is 0.335. The number of nitrogens with two attached hydrogens (primary N) is 1. The van der Waals surface area contributed by atoms with Crippen molar-refractivity contribution < 1.29 is 4.74 Å². The van der Waals surface area contributed by atoms with Crippen LogP contribution in [0.15, 0.2) is 0 Å². The van der Waals surface area contributed by atoms with Gasteiger partial charge in [0.1, 0.15) is 5.82 Å². The third-order valence-corrected chi connectivity index (χ3v) is 3.53. The lowest BCUT2D eigenvalue weighted by molar-refractivity contribution is 0.111. The standard InChI is InChI=1S/C12H23N5O/c1-9(18-2)3-4-11-14-12(16-15-11)17-7-5-10(13)6-8-17/h9-10H,3-8,13H2,1-2H3,(H,14,15,16). The van der Waals surface area contributed by atoms with E-state index in [-0.39, 0.29) is 6.10 Å². The fraction of sp³-hybridized carbons (Fsp3) is 0.833. The second kappa shape index (κ2) is 6.15. The van der Waals surface area contributed by atoms with Crippen LogP contribution in [0.1, 0.15) is 32.0 Å². The smallest absolute Gasteiger partial charge is 0.244 e. The molecule has 1 fully saturated rings. The average Bonchev–Trinajstić information content (AvgIpc) is 2.85. The number of nitrogens with one attached hydrogen (secondary N) is 1. The van der Waals surface area contributed by atoms with E-state index in [0.717, 1.165) is 50.5 Å². The van der Waals surface area contributed by atoms with Gasteiger partial charge in [0.05, 0.1) is 6.10 Å². The number of aryl methyl sites for hydroxylation is 1. The normalized spacial score (nSPS) is 19.2. The molecule has 18 heavy (non-hydrogen) atoms. The molecule has 1 aromatic rings. The van der Waals surface area contributed by atoms with Gasteiger partial charge >= 0.3 is 0 Å². The SMILES string of the molecule is COC(C)CCc1nc(N2CCC(N)CC2)n[nH]1. The molecule has 1 unspecified atom stereocenters. The molecule has 3 N–H and O–H groups in total.